The highest BCUT2D eigenvalue weighted by Crippen LogP contribution is 2.36. The van der Waals surface area contributed by atoms with Crippen LogP contribution in [0.3, 0.4) is 0 Å². The zero-order valence-corrected chi connectivity index (χ0v) is 40.7. The molecule has 1 unspecified atom stereocenters. The van der Waals surface area contributed by atoms with Crippen LogP contribution in [0, 0.1) is 0 Å². The van der Waals surface area contributed by atoms with E-state index in [0.29, 0.717) is 75.4 Å². The number of imide groups is 2. The maximum absolute atomic E-state index is 13.7. The van der Waals surface area contributed by atoms with Crippen LogP contribution in [0.15, 0.2) is 53.6 Å². The Kier molecular flexibility index (Phi) is 17.4. The fraction of sp³-hybridized carbons (Fsp3) is 0.542. The molecule has 0 spiro atoms. The van der Waals surface area contributed by atoms with Crippen molar-refractivity contribution >= 4 is 62.2 Å². The molecule has 2 saturated heterocycles. The van der Waals surface area contributed by atoms with Crippen LogP contribution in [-0.2, 0) is 43.4 Å². The summed E-state index contributed by atoms with van der Waals surface area (Å²) in [6, 6.07) is 10.6. The van der Waals surface area contributed by atoms with Gasteiger partial charge in [-0.05, 0) is 62.8 Å². The summed E-state index contributed by atoms with van der Waals surface area (Å²) in [6.07, 6.45) is 6.53. The number of piperidine rings is 1. The Morgan fingerprint density at radius 1 is 0.817 bits per heavy atom. The zero-order valence-electron chi connectivity index (χ0n) is 39.9. The molecule has 3 aliphatic heterocycles. The van der Waals surface area contributed by atoms with Crippen LogP contribution in [-0.4, -0.2) is 181 Å². The van der Waals surface area contributed by atoms with E-state index in [0.717, 1.165) is 48.1 Å². The van der Waals surface area contributed by atoms with Crippen molar-refractivity contribution in [3.05, 3.63) is 59.8 Å². The fourth-order valence-corrected chi connectivity index (χ4v) is 10.5. The highest BCUT2D eigenvalue weighted by molar-refractivity contribution is 7.89. The van der Waals surface area contributed by atoms with E-state index in [-0.39, 0.29) is 92.9 Å². The van der Waals surface area contributed by atoms with Crippen molar-refractivity contribution in [2.24, 2.45) is 0 Å². The van der Waals surface area contributed by atoms with E-state index in [1.807, 2.05) is 4.68 Å². The fourth-order valence-electron chi connectivity index (χ4n) is 9.10. The number of amides is 5. The highest BCUT2D eigenvalue weighted by Gasteiger charge is 2.45. The second-order valence-corrected chi connectivity index (χ2v) is 19.7. The second kappa shape index (κ2) is 24.0. The maximum atomic E-state index is 13.7. The number of fused-ring (bicyclic) bond motifs is 2. The van der Waals surface area contributed by atoms with E-state index in [1.54, 1.807) is 47.5 Å². The van der Waals surface area contributed by atoms with Crippen LogP contribution in [0.2, 0.25) is 0 Å². The molecule has 23 heteroatoms. The summed E-state index contributed by atoms with van der Waals surface area (Å²) in [5, 5.41) is 24.5. The van der Waals surface area contributed by atoms with Crippen molar-refractivity contribution in [3.8, 4) is 11.3 Å². The molecule has 71 heavy (non-hydrogen) atoms. The molecule has 5 amide bonds. The molecule has 22 nitrogen and oxygen atoms in total. The number of benzene rings is 2. The molecule has 0 bridgehead atoms. The van der Waals surface area contributed by atoms with Crippen molar-refractivity contribution < 1.29 is 56.4 Å². The first-order chi connectivity index (χ1) is 34.4. The van der Waals surface area contributed by atoms with Gasteiger partial charge in [0.1, 0.15) is 18.3 Å². The molecule has 4 aromatic rings. The predicted octanol–water partition coefficient (Wildman–Crippen LogP) is 2.59. The Labute approximate surface area is 411 Å². The minimum absolute atomic E-state index is 0.0439. The number of aliphatic hydroxyl groups is 1. The largest absolute Gasteiger partial charge is 0.393 e. The van der Waals surface area contributed by atoms with Gasteiger partial charge in [0.05, 0.1) is 79.8 Å². The molecule has 4 N–H and O–H groups in total. The average molecular weight is 1000 g/mol. The number of unbranched alkanes of at least 4 members (excludes halogenated alkanes) is 1. The van der Waals surface area contributed by atoms with E-state index < -0.39 is 39.7 Å². The first kappa shape index (κ1) is 51.4. The summed E-state index contributed by atoms with van der Waals surface area (Å²) in [7, 11) is -3.84. The van der Waals surface area contributed by atoms with Gasteiger partial charge in [0.2, 0.25) is 33.7 Å². The average Bonchev–Trinajstić information content (AvgIpc) is 3.88. The first-order valence-corrected chi connectivity index (χ1v) is 25.8. The Bertz CT molecular complexity index is 2650. The lowest BCUT2D eigenvalue weighted by atomic mass is 9.93. The summed E-state index contributed by atoms with van der Waals surface area (Å²) in [4.78, 5) is 75.2. The number of hydrogen-bond acceptors (Lipinski definition) is 17. The molecular weight excluding hydrogens is 941 g/mol. The van der Waals surface area contributed by atoms with Gasteiger partial charge in [0, 0.05) is 63.1 Å². The molecule has 2 aromatic heterocycles. The number of sulfonamides is 1. The molecule has 382 valence electrons. The van der Waals surface area contributed by atoms with E-state index in [1.165, 1.54) is 10.4 Å². The number of rotatable bonds is 24. The Morgan fingerprint density at radius 3 is 2.20 bits per heavy atom. The number of nitrogens with one attached hydrogen (secondary N) is 3. The van der Waals surface area contributed by atoms with Gasteiger partial charge in [-0.3, -0.25) is 34.2 Å². The van der Waals surface area contributed by atoms with Crippen LogP contribution in [0.1, 0.15) is 85.0 Å². The monoisotopic (exact) mass is 1000 g/mol. The van der Waals surface area contributed by atoms with Crippen LogP contribution in [0.25, 0.3) is 22.3 Å². The van der Waals surface area contributed by atoms with Crippen LogP contribution in [0.4, 0.5) is 11.6 Å². The Balaban J connectivity index is 0.689. The molecular formula is C48H62N10O12S. The minimum atomic E-state index is -3.84. The first-order valence-electron chi connectivity index (χ1n) is 24.4. The molecule has 1 aliphatic carbocycles. The van der Waals surface area contributed by atoms with Crippen LogP contribution >= 0.6 is 0 Å². The molecule has 2 aromatic carbocycles. The smallest absolute Gasteiger partial charge is 0.264 e. The quantitative estimate of drug-likeness (QED) is 0.0581. The second-order valence-electron chi connectivity index (χ2n) is 17.8. The van der Waals surface area contributed by atoms with E-state index in [2.05, 4.69) is 27.9 Å². The summed E-state index contributed by atoms with van der Waals surface area (Å²) < 4.78 is 53.0. The van der Waals surface area contributed by atoms with Gasteiger partial charge in [0.15, 0.2) is 5.65 Å². The van der Waals surface area contributed by atoms with E-state index >= 15 is 0 Å². The normalized spacial score (nSPS) is 19.9. The molecule has 8 rings (SSSR count). The lowest BCUT2D eigenvalue weighted by Gasteiger charge is -2.34. The Morgan fingerprint density at radius 2 is 1.51 bits per heavy atom. The van der Waals surface area contributed by atoms with Gasteiger partial charge < -0.3 is 39.6 Å². The van der Waals surface area contributed by atoms with Gasteiger partial charge in [-0.15, -0.1) is 0 Å². The summed E-state index contributed by atoms with van der Waals surface area (Å²) in [5.74, 6) is -1.96. The van der Waals surface area contributed by atoms with Gasteiger partial charge >= 0.3 is 0 Å². The van der Waals surface area contributed by atoms with Gasteiger partial charge in [-0.25, -0.2) is 18.1 Å². The number of anilines is 2. The molecule has 1 atom stereocenters. The third kappa shape index (κ3) is 12.2. The number of carbonyl (C=O) groups is 5. The number of carbonyl (C=O) groups excluding carboxylic acids is 5. The van der Waals surface area contributed by atoms with Crippen molar-refractivity contribution in [1.82, 2.24) is 39.2 Å². The van der Waals surface area contributed by atoms with Gasteiger partial charge in [0.25, 0.3) is 11.8 Å². The number of ether oxygens (including phenoxy) is 4. The summed E-state index contributed by atoms with van der Waals surface area (Å²) in [5.41, 5.74) is 2.91. The molecule has 5 heterocycles. The summed E-state index contributed by atoms with van der Waals surface area (Å²) in [6.45, 7) is 5.80. The number of aromatic nitrogens is 4. The number of aliphatic hydroxyl groups excluding tert-OH is 1. The number of hydrogen-bond donors (Lipinski definition) is 4. The third-order valence-electron chi connectivity index (χ3n) is 13.0. The van der Waals surface area contributed by atoms with Gasteiger partial charge in [-0.2, -0.15) is 14.4 Å². The van der Waals surface area contributed by atoms with Crippen LogP contribution in [0.5, 0.6) is 0 Å². The predicted molar refractivity (Wildman–Crippen MR) is 258 cm³/mol. The molecule has 3 fully saturated rings. The number of piperazine rings is 1. The number of nitrogens with zero attached hydrogens (tertiary/aromatic N) is 7. The standard InChI is InChI=1S/C48H62N10O12S/c1-2-3-17-50-48-51-30-37-43(54-58(44(37)53-48)33-9-11-34(59)12-10-33)32-7-13-35(14-8-32)71(65,66)56-21-19-55(20-22-56)41(61)31-70-29-28-69-27-26-68-25-24-67-23-18-49-38-6-4-5-36-42(38)47(64)57(46(36)63)39-15-16-40(60)52-45(39)62/h4-8,13-14,30,33-34,39,49,59H,2-3,9-12,15-29,31H2,1H3,(H,50,51,53)(H,52,60,62). The highest BCUT2D eigenvalue weighted by atomic mass is 32.2. The SMILES string of the molecule is CCCCNc1ncc2c(-c3ccc(S(=O)(=O)N4CCN(C(=O)COCCOCCOCCOCCNc5cccc6c5C(=O)N(C5CCC(=O)NC5=O)C6=O)CC4)cc3)nn(C3CCC(O)CC3)c2n1. The minimum Gasteiger partial charge on any atom is -0.393 e. The molecule has 4 aliphatic rings. The lowest BCUT2D eigenvalue weighted by molar-refractivity contribution is -0.138. The zero-order chi connectivity index (χ0) is 49.9. The van der Waals surface area contributed by atoms with Crippen molar-refractivity contribution in [1.29, 1.82) is 0 Å². The summed E-state index contributed by atoms with van der Waals surface area (Å²) >= 11 is 0. The van der Waals surface area contributed by atoms with Crippen molar-refractivity contribution in [3.63, 3.8) is 0 Å². The van der Waals surface area contributed by atoms with Crippen LogP contribution < -0.4 is 16.0 Å². The molecule has 1 saturated carbocycles. The topological polar surface area (TPSA) is 266 Å². The Hall–Kier alpha value is -5.95. The van der Waals surface area contributed by atoms with Crippen molar-refractivity contribution in [2.45, 2.75) is 81.4 Å². The van der Waals surface area contributed by atoms with Gasteiger partial charge in [-0.1, -0.05) is 31.5 Å². The molecule has 0 radical (unpaired) electrons. The third-order valence-corrected chi connectivity index (χ3v) is 14.9. The van der Waals surface area contributed by atoms with Crippen molar-refractivity contribution in [2.75, 3.05) is 103 Å². The lowest BCUT2D eigenvalue weighted by Crippen LogP contribution is -2.54. The van der Waals surface area contributed by atoms with E-state index in [9.17, 15) is 37.5 Å². The maximum Gasteiger partial charge on any atom is 0.264 e. The van der Waals surface area contributed by atoms with E-state index in [4.69, 9.17) is 29.0 Å².